The van der Waals surface area contributed by atoms with Crippen LogP contribution >= 0.6 is 11.8 Å². The number of non-ortho nitro benzene ring substituents is 1. The first-order valence-corrected chi connectivity index (χ1v) is 9.10. The third kappa shape index (κ3) is 4.40. The van der Waals surface area contributed by atoms with Crippen molar-refractivity contribution in [2.45, 2.75) is 24.2 Å². The van der Waals surface area contributed by atoms with Gasteiger partial charge in [-0.1, -0.05) is 12.1 Å². The smallest absolute Gasteiger partial charge is 0.270 e. The van der Waals surface area contributed by atoms with E-state index < -0.39 is 10.8 Å². The molecule has 0 heterocycles. The summed E-state index contributed by atoms with van der Waals surface area (Å²) in [7, 11) is 0. The Labute approximate surface area is 154 Å². The molecule has 0 atom stereocenters. The van der Waals surface area contributed by atoms with Gasteiger partial charge in [-0.25, -0.2) is 0 Å². The van der Waals surface area contributed by atoms with E-state index >= 15 is 0 Å². The lowest BCUT2D eigenvalue weighted by Gasteiger charge is -2.08. The van der Waals surface area contributed by atoms with Crippen LogP contribution in [0, 0.1) is 10.1 Å². The van der Waals surface area contributed by atoms with Crippen LogP contribution in [0.15, 0.2) is 47.4 Å². The first-order chi connectivity index (χ1) is 12.5. The lowest BCUT2D eigenvalue weighted by atomic mass is 10.1. The monoisotopic (exact) mass is 371 g/mol. The molecule has 1 aliphatic rings. The second-order valence-corrected chi connectivity index (χ2v) is 6.93. The van der Waals surface area contributed by atoms with E-state index in [0.717, 1.165) is 23.8 Å². The van der Waals surface area contributed by atoms with Crippen molar-refractivity contribution in [1.29, 1.82) is 0 Å². The van der Waals surface area contributed by atoms with Crippen molar-refractivity contribution < 1.29 is 14.5 Å². The number of carbonyl (C=O) groups excluding carboxylic acids is 2. The lowest BCUT2D eigenvalue weighted by molar-refractivity contribution is -0.384. The fourth-order valence-corrected chi connectivity index (χ4v) is 3.54. The zero-order chi connectivity index (χ0) is 18.5. The molecular formula is C18H17N3O4S. The molecular weight excluding hydrogens is 354 g/mol. The number of hydrogen-bond donors (Lipinski definition) is 2. The first kappa shape index (κ1) is 17.9. The van der Waals surface area contributed by atoms with E-state index in [1.807, 2.05) is 6.07 Å². The number of rotatable bonds is 5. The largest absolute Gasteiger partial charge is 0.272 e. The average Bonchev–Trinajstić information content (AvgIpc) is 3.12. The van der Waals surface area contributed by atoms with E-state index in [9.17, 15) is 19.7 Å². The number of nitrogens with one attached hydrogen (secondary N) is 2. The molecule has 0 saturated heterocycles. The summed E-state index contributed by atoms with van der Waals surface area (Å²) in [5.74, 6) is -0.799. The minimum Gasteiger partial charge on any atom is -0.272 e. The first-order valence-electron chi connectivity index (χ1n) is 8.11. The second-order valence-electron chi connectivity index (χ2n) is 5.88. The molecule has 1 aliphatic carbocycles. The highest BCUT2D eigenvalue weighted by Gasteiger charge is 2.13. The summed E-state index contributed by atoms with van der Waals surface area (Å²) in [6, 6.07) is 11.5. The van der Waals surface area contributed by atoms with Gasteiger partial charge in [0.05, 0.1) is 10.7 Å². The average molecular weight is 371 g/mol. The molecule has 0 bridgehead atoms. The number of carbonyl (C=O) groups is 2. The molecule has 0 unspecified atom stereocenters. The van der Waals surface area contributed by atoms with Gasteiger partial charge in [0.2, 0.25) is 5.91 Å². The summed E-state index contributed by atoms with van der Waals surface area (Å²) in [4.78, 5) is 35.0. The number of hydrogen-bond acceptors (Lipinski definition) is 5. The molecule has 0 fully saturated rings. The third-order valence-electron chi connectivity index (χ3n) is 4.07. The molecule has 0 spiro atoms. The molecule has 0 saturated carbocycles. The van der Waals surface area contributed by atoms with Crippen LogP contribution in [-0.4, -0.2) is 22.5 Å². The Hall–Kier alpha value is -2.87. The SMILES string of the molecule is O=C(CSc1ccc2c(c1)CCC2)NNC(=O)c1cccc([N+](=O)[O-])c1. The van der Waals surface area contributed by atoms with Crippen molar-refractivity contribution in [3.8, 4) is 0 Å². The molecule has 0 radical (unpaired) electrons. The Morgan fingerprint density at radius 1 is 1.08 bits per heavy atom. The number of nitrogens with zero attached hydrogens (tertiary/aromatic N) is 1. The van der Waals surface area contributed by atoms with Crippen molar-refractivity contribution in [3.05, 3.63) is 69.3 Å². The van der Waals surface area contributed by atoms with Crippen molar-refractivity contribution in [3.63, 3.8) is 0 Å². The standard InChI is InChI=1S/C18H17N3O4S/c22-17(11-26-16-8-7-12-3-1-4-13(12)10-16)19-20-18(23)14-5-2-6-15(9-14)21(24)25/h2,5-10H,1,3-4,11H2,(H,19,22)(H,20,23). The van der Waals surface area contributed by atoms with E-state index in [2.05, 4.69) is 23.0 Å². The van der Waals surface area contributed by atoms with E-state index in [-0.39, 0.29) is 22.9 Å². The summed E-state index contributed by atoms with van der Waals surface area (Å²) in [6.07, 6.45) is 3.37. The minimum atomic E-state index is -0.607. The van der Waals surface area contributed by atoms with Gasteiger partial charge in [0, 0.05) is 22.6 Å². The molecule has 2 aromatic rings. The van der Waals surface area contributed by atoms with Gasteiger partial charge < -0.3 is 0 Å². The molecule has 0 aliphatic heterocycles. The van der Waals surface area contributed by atoms with Crippen molar-refractivity contribution in [2.24, 2.45) is 0 Å². The second kappa shape index (κ2) is 8.01. The normalized spacial score (nSPS) is 12.3. The van der Waals surface area contributed by atoms with Crippen molar-refractivity contribution >= 4 is 29.3 Å². The van der Waals surface area contributed by atoms with Gasteiger partial charge in [0.1, 0.15) is 0 Å². The van der Waals surface area contributed by atoms with E-state index in [1.165, 1.54) is 47.5 Å². The van der Waals surface area contributed by atoms with Crippen LogP contribution < -0.4 is 10.9 Å². The fraction of sp³-hybridized carbons (Fsp3) is 0.222. The Balaban J connectivity index is 1.48. The Morgan fingerprint density at radius 2 is 1.88 bits per heavy atom. The minimum absolute atomic E-state index is 0.103. The molecule has 3 rings (SSSR count). The number of hydrazine groups is 1. The summed E-state index contributed by atoms with van der Waals surface area (Å²) in [5.41, 5.74) is 7.23. The van der Waals surface area contributed by atoms with Crippen LogP contribution in [0.5, 0.6) is 0 Å². The van der Waals surface area contributed by atoms with Crippen LogP contribution in [0.4, 0.5) is 5.69 Å². The van der Waals surface area contributed by atoms with Gasteiger partial charge in [-0.15, -0.1) is 11.8 Å². The Bertz CT molecular complexity index is 869. The molecule has 2 aromatic carbocycles. The van der Waals surface area contributed by atoms with Gasteiger partial charge in [-0.2, -0.15) is 0 Å². The fourth-order valence-electron chi connectivity index (χ4n) is 2.78. The van der Waals surface area contributed by atoms with Gasteiger partial charge in [0.25, 0.3) is 11.6 Å². The van der Waals surface area contributed by atoms with Gasteiger partial charge >= 0.3 is 0 Å². The maximum Gasteiger partial charge on any atom is 0.270 e. The van der Waals surface area contributed by atoms with Crippen molar-refractivity contribution in [1.82, 2.24) is 10.9 Å². The molecule has 2 amide bonds. The predicted octanol–water partition coefficient (Wildman–Crippen LogP) is 2.64. The third-order valence-corrected chi connectivity index (χ3v) is 5.07. The number of benzene rings is 2. The number of fused-ring (bicyclic) bond motifs is 1. The number of nitro benzene ring substituents is 1. The van der Waals surface area contributed by atoms with Crippen molar-refractivity contribution in [2.75, 3.05) is 5.75 Å². The Kier molecular flexibility index (Phi) is 5.52. The number of amides is 2. The van der Waals surface area contributed by atoms with E-state index in [1.54, 1.807) is 0 Å². The van der Waals surface area contributed by atoms with Crippen LogP contribution in [0.3, 0.4) is 0 Å². The highest BCUT2D eigenvalue weighted by Crippen LogP contribution is 2.27. The number of aryl methyl sites for hydroxylation is 2. The van der Waals surface area contributed by atoms with Crippen LogP contribution in [0.25, 0.3) is 0 Å². The Morgan fingerprint density at radius 3 is 2.69 bits per heavy atom. The molecule has 134 valence electrons. The van der Waals surface area contributed by atoms with E-state index in [0.29, 0.717) is 0 Å². The quantitative estimate of drug-likeness (QED) is 0.478. The summed E-state index contributed by atoms with van der Waals surface area (Å²) >= 11 is 1.40. The predicted molar refractivity (Wildman–Crippen MR) is 97.9 cm³/mol. The topological polar surface area (TPSA) is 101 Å². The van der Waals surface area contributed by atoms with E-state index in [4.69, 9.17) is 0 Å². The maximum absolute atomic E-state index is 12.0. The summed E-state index contributed by atoms with van der Waals surface area (Å²) in [5, 5.41) is 10.7. The van der Waals surface area contributed by atoms with Gasteiger partial charge in [0.15, 0.2) is 0 Å². The van der Waals surface area contributed by atoms with Gasteiger partial charge in [-0.05, 0) is 48.6 Å². The lowest BCUT2D eigenvalue weighted by Crippen LogP contribution is -2.42. The molecule has 8 heteroatoms. The summed E-state index contributed by atoms with van der Waals surface area (Å²) in [6.45, 7) is 0. The number of thioether (sulfide) groups is 1. The highest BCUT2D eigenvalue weighted by molar-refractivity contribution is 8.00. The molecule has 0 aromatic heterocycles. The molecule has 2 N–H and O–H groups in total. The van der Waals surface area contributed by atoms with Crippen LogP contribution in [0.1, 0.15) is 27.9 Å². The van der Waals surface area contributed by atoms with Crippen LogP contribution in [-0.2, 0) is 17.6 Å². The van der Waals surface area contributed by atoms with Crippen LogP contribution in [0.2, 0.25) is 0 Å². The zero-order valence-corrected chi connectivity index (χ0v) is 14.7. The summed E-state index contributed by atoms with van der Waals surface area (Å²) < 4.78 is 0. The van der Waals surface area contributed by atoms with Gasteiger partial charge in [-0.3, -0.25) is 30.6 Å². The highest BCUT2D eigenvalue weighted by atomic mass is 32.2. The maximum atomic E-state index is 12.0. The molecule has 7 nitrogen and oxygen atoms in total. The zero-order valence-electron chi connectivity index (χ0n) is 13.9. The molecule has 26 heavy (non-hydrogen) atoms. The number of nitro groups is 1.